The van der Waals surface area contributed by atoms with Crippen LogP contribution < -0.4 is 16.4 Å². The van der Waals surface area contributed by atoms with E-state index < -0.39 is 0 Å². The second kappa shape index (κ2) is 5.29. The normalized spacial score (nSPS) is 12.2. The van der Waals surface area contributed by atoms with Gasteiger partial charge in [-0.3, -0.25) is 4.79 Å². The lowest BCUT2D eigenvalue weighted by molar-refractivity contribution is -0.122. The van der Waals surface area contributed by atoms with Crippen LogP contribution in [0.5, 0.6) is 0 Å². The Labute approximate surface area is 94.7 Å². The molecule has 1 aromatic heterocycles. The van der Waals surface area contributed by atoms with E-state index in [1.807, 2.05) is 13.8 Å². The number of hydrogen-bond donors (Lipinski definition) is 3. The minimum atomic E-state index is -0.361. The highest BCUT2D eigenvalue weighted by Crippen LogP contribution is 2.03. The molecule has 1 unspecified atom stereocenters. The van der Waals surface area contributed by atoms with Gasteiger partial charge in [0.05, 0.1) is 12.4 Å². The van der Waals surface area contributed by atoms with E-state index in [0.29, 0.717) is 11.6 Å². The van der Waals surface area contributed by atoms with E-state index in [4.69, 9.17) is 5.73 Å². The summed E-state index contributed by atoms with van der Waals surface area (Å²) >= 11 is 0. The van der Waals surface area contributed by atoms with E-state index in [9.17, 15) is 4.79 Å². The number of aromatic nitrogens is 2. The van der Waals surface area contributed by atoms with Crippen LogP contribution in [-0.4, -0.2) is 28.0 Å². The first-order chi connectivity index (χ1) is 7.49. The number of hydrogen-bond acceptors (Lipinski definition) is 5. The minimum absolute atomic E-state index is 0.0753. The number of carbonyl (C=O) groups is 1. The van der Waals surface area contributed by atoms with Crippen LogP contribution in [0.15, 0.2) is 12.4 Å². The predicted molar refractivity (Wildman–Crippen MR) is 62.8 cm³/mol. The molecule has 0 aliphatic rings. The van der Waals surface area contributed by atoms with Gasteiger partial charge >= 0.3 is 0 Å². The topological polar surface area (TPSA) is 92.9 Å². The Hall–Kier alpha value is -1.85. The van der Waals surface area contributed by atoms with Crippen LogP contribution in [0.3, 0.4) is 0 Å². The molecular weight excluding hydrogens is 206 g/mol. The van der Waals surface area contributed by atoms with E-state index in [2.05, 4.69) is 20.6 Å². The highest BCUT2D eigenvalue weighted by Gasteiger charge is 2.13. The summed E-state index contributed by atoms with van der Waals surface area (Å²) in [5.74, 6) is 0.805. The van der Waals surface area contributed by atoms with Gasteiger partial charge in [0.2, 0.25) is 5.91 Å². The standard InChI is InChI=1S/C10H17N5O/c1-6(2)14-10(16)7(3)15-9-5-12-8(11)4-13-9/h4-7H,1-3H3,(H2,11,12)(H,13,15)(H,14,16). The van der Waals surface area contributed by atoms with Crippen molar-refractivity contribution in [1.29, 1.82) is 0 Å². The monoisotopic (exact) mass is 223 g/mol. The summed E-state index contributed by atoms with van der Waals surface area (Å²) in [6.45, 7) is 5.58. The van der Waals surface area contributed by atoms with Crippen LogP contribution in [0.1, 0.15) is 20.8 Å². The van der Waals surface area contributed by atoms with E-state index in [0.717, 1.165) is 0 Å². The molecule has 0 fully saturated rings. The number of amides is 1. The van der Waals surface area contributed by atoms with Crippen LogP contribution in [-0.2, 0) is 4.79 Å². The minimum Gasteiger partial charge on any atom is -0.382 e. The Morgan fingerprint density at radius 3 is 2.50 bits per heavy atom. The van der Waals surface area contributed by atoms with Gasteiger partial charge in [0.25, 0.3) is 0 Å². The zero-order valence-electron chi connectivity index (χ0n) is 9.69. The zero-order valence-corrected chi connectivity index (χ0v) is 9.69. The SMILES string of the molecule is CC(C)NC(=O)C(C)Nc1cnc(N)cn1. The maximum atomic E-state index is 11.6. The summed E-state index contributed by atoms with van der Waals surface area (Å²) in [7, 11) is 0. The van der Waals surface area contributed by atoms with Crippen LogP contribution in [0.25, 0.3) is 0 Å². The van der Waals surface area contributed by atoms with E-state index in [1.165, 1.54) is 12.4 Å². The molecule has 6 heteroatoms. The molecule has 88 valence electrons. The Morgan fingerprint density at radius 2 is 2.00 bits per heavy atom. The molecule has 1 aromatic rings. The van der Waals surface area contributed by atoms with Crippen molar-refractivity contribution in [3.05, 3.63) is 12.4 Å². The second-order valence-electron chi connectivity index (χ2n) is 3.86. The molecule has 1 amide bonds. The number of anilines is 2. The largest absolute Gasteiger partial charge is 0.382 e. The van der Waals surface area contributed by atoms with E-state index in [1.54, 1.807) is 6.92 Å². The fourth-order valence-electron chi connectivity index (χ4n) is 1.11. The average molecular weight is 223 g/mol. The number of carbonyl (C=O) groups excluding carboxylic acids is 1. The third kappa shape index (κ3) is 3.72. The van der Waals surface area contributed by atoms with Gasteiger partial charge in [-0.2, -0.15) is 0 Å². The number of nitrogens with zero attached hydrogens (tertiary/aromatic N) is 2. The van der Waals surface area contributed by atoms with Crippen molar-refractivity contribution in [3.8, 4) is 0 Å². The molecule has 4 N–H and O–H groups in total. The highest BCUT2D eigenvalue weighted by atomic mass is 16.2. The van der Waals surface area contributed by atoms with Crippen molar-refractivity contribution in [2.24, 2.45) is 0 Å². The van der Waals surface area contributed by atoms with Gasteiger partial charge in [-0.1, -0.05) is 0 Å². The number of nitrogen functional groups attached to an aromatic ring is 1. The van der Waals surface area contributed by atoms with Crippen LogP contribution in [0.2, 0.25) is 0 Å². The molecule has 1 rings (SSSR count). The molecule has 1 heterocycles. The number of nitrogens with two attached hydrogens (primary N) is 1. The summed E-state index contributed by atoms with van der Waals surface area (Å²) in [4.78, 5) is 19.5. The van der Waals surface area contributed by atoms with Gasteiger partial charge in [0, 0.05) is 6.04 Å². The van der Waals surface area contributed by atoms with Gasteiger partial charge in [-0.05, 0) is 20.8 Å². The lowest BCUT2D eigenvalue weighted by Gasteiger charge is -2.16. The Bertz CT molecular complexity index is 349. The van der Waals surface area contributed by atoms with Gasteiger partial charge in [-0.15, -0.1) is 0 Å². The van der Waals surface area contributed by atoms with Crippen LogP contribution >= 0.6 is 0 Å². The van der Waals surface area contributed by atoms with Gasteiger partial charge in [0.1, 0.15) is 17.7 Å². The molecule has 0 saturated carbocycles. The summed E-state index contributed by atoms with van der Waals surface area (Å²) < 4.78 is 0. The van der Waals surface area contributed by atoms with E-state index in [-0.39, 0.29) is 18.0 Å². The van der Waals surface area contributed by atoms with Gasteiger partial charge in [0.15, 0.2) is 0 Å². The third-order valence-electron chi connectivity index (χ3n) is 1.86. The quantitative estimate of drug-likeness (QED) is 0.686. The van der Waals surface area contributed by atoms with E-state index >= 15 is 0 Å². The molecule has 0 spiro atoms. The lowest BCUT2D eigenvalue weighted by atomic mass is 10.3. The smallest absolute Gasteiger partial charge is 0.242 e. The fraction of sp³-hybridized carbons (Fsp3) is 0.500. The predicted octanol–water partition coefficient (Wildman–Crippen LogP) is 0.384. The molecule has 6 nitrogen and oxygen atoms in total. The number of rotatable bonds is 4. The van der Waals surface area contributed by atoms with Gasteiger partial charge < -0.3 is 16.4 Å². The molecule has 0 bridgehead atoms. The van der Waals surface area contributed by atoms with Crippen molar-refractivity contribution in [2.75, 3.05) is 11.1 Å². The number of nitrogens with one attached hydrogen (secondary N) is 2. The molecule has 0 radical (unpaired) electrons. The molecule has 1 atom stereocenters. The molecule has 0 saturated heterocycles. The summed E-state index contributed by atoms with van der Waals surface area (Å²) in [5, 5.41) is 5.73. The molecule has 0 aliphatic carbocycles. The first kappa shape index (κ1) is 12.2. The van der Waals surface area contributed by atoms with Gasteiger partial charge in [-0.25, -0.2) is 9.97 Å². The van der Waals surface area contributed by atoms with Crippen molar-refractivity contribution in [2.45, 2.75) is 32.9 Å². The average Bonchev–Trinajstić information content (AvgIpc) is 2.20. The van der Waals surface area contributed by atoms with Crippen LogP contribution in [0.4, 0.5) is 11.6 Å². The molecule has 16 heavy (non-hydrogen) atoms. The Balaban J connectivity index is 2.53. The third-order valence-corrected chi connectivity index (χ3v) is 1.86. The van der Waals surface area contributed by atoms with Crippen LogP contribution in [0, 0.1) is 0 Å². The molecule has 0 aromatic carbocycles. The summed E-state index contributed by atoms with van der Waals surface area (Å²) in [6.07, 6.45) is 2.93. The molecule has 0 aliphatic heterocycles. The zero-order chi connectivity index (χ0) is 12.1. The summed E-state index contributed by atoms with van der Waals surface area (Å²) in [5.41, 5.74) is 5.40. The lowest BCUT2D eigenvalue weighted by Crippen LogP contribution is -2.41. The summed E-state index contributed by atoms with van der Waals surface area (Å²) in [6, 6.07) is -0.241. The Kier molecular flexibility index (Phi) is 4.04. The van der Waals surface area contributed by atoms with Crippen molar-refractivity contribution >= 4 is 17.5 Å². The maximum absolute atomic E-state index is 11.6. The van der Waals surface area contributed by atoms with Crippen molar-refractivity contribution in [3.63, 3.8) is 0 Å². The highest BCUT2D eigenvalue weighted by molar-refractivity contribution is 5.84. The Morgan fingerprint density at radius 1 is 1.31 bits per heavy atom. The van der Waals surface area contributed by atoms with Crippen molar-refractivity contribution in [1.82, 2.24) is 15.3 Å². The maximum Gasteiger partial charge on any atom is 0.242 e. The first-order valence-corrected chi connectivity index (χ1v) is 5.13. The van der Waals surface area contributed by atoms with Crippen molar-refractivity contribution < 1.29 is 4.79 Å². The second-order valence-corrected chi connectivity index (χ2v) is 3.86. The first-order valence-electron chi connectivity index (χ1n) is 5.13. The molecular formula is C10H17N5O. The fourth-order valence-corrected chi connectivity index (χ4v) is 1.11.